The molecule has 242 valence electrons. The Kier molecular flexibility index (Phi) is 7.88. The average molecular weight is 670 g/mol. The number of hydrogen-bond donors (Lipinski definition) is 0. The number of furan rings is 1. The minimum absolute atomic E-state index is 0.875. The smallest absolute Gasteiger partial charge is 0.179 e. The zero-order valence-electron chi connectivity index (χ0n) is 28.1. The molecule has 3 heteroatoms. The monoisotopic (exact) mass is 669 g/mol. The van der Waals surface area contributed by atoms with Crippen molar-refractivity contribution in [1.82, 2.24) is 0 Å². The first-order valence-electron chi connectivity index (χ1n) is 17.4. The first kappa shape index (κ1) is 30.6. The van der Waals surface area contributed by atoms with Crippen molar-refractivity contribution in [2.75, 3.05) is 4.90 Å². The fourth-order valence-electron chi connectivity index (χ4n) is 7.66. The summed E-state index contributed by atoms with van der Waals surface area (Å²) in [5.41, 5.74) is 7.37. The van der Waals surface area contributed by atoms with E-state index in [0.29, 0.717) is 0 Å². The highest BCUT2D eigenvalue weighted by atomic mass is 28.3. The zero-order chi connectivity index (χ0) is 34.0. The Morgan fingerprint density at radius 2 is 0.725 bits per heavy atom. The molecule has 0 aliphatic rings. The molecule has 0 aliphatic carbocycles. The molecule has 1 heterocycles. The van der Waals surface area contributed by atoms with Crippen LogP contribution in [0.5, 0.6) is 0 Å². The topological polar surface area (TPSA) is 16.4 Å². The van der Waals surface area contributed by atoms with Gasteiger partial charge in [-0.05, 0) is 74.3 Å². The van der Waals surface area contributed by atoms with Crippen LogP contribution in [0.1, 0.15) is 0 Å². The van der Waals surface area contributed by atoms with E-state index in [-0.39, 0.29) is 0 Å². The Labute approximate surface area is 299 Å². The summed E-state index contributed by atoms with van der Waals surface area (Å²) >= 11 is 0. The second-order valence-electron chi connectivity index (χ2n) is 12.9. The lowest BCUT2D eigenvalue weighted by atomic mass is 10.0. The maximum Gasteiger partial charge on any atom is 0.179 e. The molecule has 0 unspecified atom stereocenters. The highest BCUT2D eigenvalue weighted by Crippen LogP contribution is 2.39. The predicted octanol–water partition coefficient (Wildman–Crippen LogP) is 10.1. The van der Waals surface area contributed by atoms with Crippen LogP contribution in [0, 0.1) is 0 Å². The van der Waals surface area contributed by atoms with Crippen LogP contribution in [0.2, 0.25) is 0 Å². The largest absolute Gasteiger partial charge is 0.456 e. The molecule has 0 aliphatic heterocycles. The van der Waals surface area contributed by atoms with Gasteiger partial charge in [0, 0.05) is 33.9 Å². The molecule has 2 nitrogen and oxygen atoms in total. The van der Waals surface area contributed by atoms with Gasteiger partial charge in [0.15, 0.2) is 8.07 Å². The van der Waals surface area contributed by atoms with Gasteiger partial charge in [-0.15, -0.1) is 0 Å². The van der Waals surface area contributed by atoms with Crippen molar-refractivity contribution in [2.45, 2.75) is 0 Å². The van der Waals surface area contributed by atoms with Gasteiger partial charge in [0.05, 0.1) is 0 Å². The van der Waals surface area contributed by atoms with Gasteiger partial charge < -0.3 is 9.32 Å². The summed E-state index contributed by atoms with van der Waals surface area (Å²) in [5, 5.41) is 7.66. The SMILES string of the molecule is c1ccc(-c2ccc(N(c3ccc([Si](c4ccccc4)(c4ccccc4)c4ccccc4)cc3)c3ccc4c(c3)oc3ccccc34)cc2)cc1. The Hall–Kier alpha value is -6.42. The number of fused-ring (bicyclic) bond motifs is 3. The minimum Gasteiger partial charge on any atom is -0.456 e. The lowest BCUT2D eigenvalue weighted by Crippen LogP contribution is -2.74. The quantitative estimate of drug-likeness (QED) is 0.118. The number of para-hydroxylation sites is 1. The third-order valence-electron chi connectivity index (χ3n) is 10.0. The van der Waals surface area contributed by atoms with Gasteiger partial charge in [-0.3, -0.25) is 0 Å². The van der Waals surface area contributed by atoms with Crippen LogP contribution < -0.4 is 25.6 Å². The fourth-order valence-corrected chi connectivity index (χ4v) is 12.4. The van der Waals surface area contributed by atoms with Crippen LogP contribution in [0.15, 0.2) is 217 Å². The van der Waals surface area contributed by atoms with E-state index >= 15 is 0 Å². The number of benzene rings is 8. The molecule has 0 N–H and O–H groups in total. The molecule has 0 fully saturated rings. The van der Waals surface area contributed by atoms with E-state index in [1.165, 1.54) is 31.9 Å². The molecular weight excluding hydrogens is 635 g/mol. The van der Waals surface area contributed by atoms with Crippen LogP contribution in [-0.2, 0) is 0 Å². The van der Waals surface area contributed by atoms with Gasteiger partial charge >= 0.3 is 0 Å². The summed E-state index contributed by atoms with van der Waals surface area (Å²) in [6.07, 6.45) is 0. The van der Waals surface area contributed by atoms with E-state index in [0.717, 1.165) is 39.0 Å². The van der Waals surface area contributed by atoms with E-state index in [2.05, 4.69) is 205 Å². The van der Waals surface area contributed by atoms with Crippen molar-refractivity contribution >= 4 is 67.8 Å². The molecule has 0 saturated heterocycles. The van der Waals surface area contributed by atoms with Crippen LogP contribution in [0.3, 0.4) is 0 Å². The molecule has 1 aromatic heterocycles. The third kappa shape index (κ3) is 5.45. The molecule has 0 saturated carbocycles. The second-order valence-corrected chi connectivity index (χ2v) is 16.7. The molecule has 9 aromatic rings. The summed E-state index contributed by atoms with van der Waals surface area (Å²) < 4.78 is 6.38. The van der Waals surface area contributed by atoms with E-state index in [9.17, 15) is 0 Å². The van der Waals surface area contributed by atoms with Crippen LogP contribution in [-0.4, -0.2) is 8.07 Å². The molecule has 0 spiro atoms. The van der Waals surface area contributed by atoms with Crippen molar-refractivity contribution < 1.29 is 4.42 Å². The maximum atomic E-state index is 6.38. The predicted molar refractivity (Wildman–Crippen MR) is 217 cm³/mol. The van der Waals surface area contributed by atoms with Crippen LogP contribution >= 0.6 is 0 Å². The lowest BCUT2D eigenvalue weighted by molar-refractivity contribution is 0.669. The Balaban J connectivity index is 1.22. The van der Waals surface area contributed by atoms with Crippen molar-refractivity contribution in [2.24, 2.45) is 0 Å². The Morgan fingerprint density at radius 1 is 0.314 bits per heavy atom. The first-order valence-corrected chi connectivity index (χ1v) is 19.4. The van der Waals surface area contributed by atoms with Crippen molar-refractivity contribution in [3.05, 3.63) is 212 Å². The molecular formula is C48H35NOSi. The molecule has 0 amide bonds. The molecule has 9 rings (SSSR count). The van der Waals surface area contributed by atoms with Gasteiger partial charge in [0.1, 0.15) is 11.2 Å². The van der Waals surface area contributed by atoms with E-state index in [4.69, 9.17) is 4.42 Å². The molecule has 0 radical (unpaired) electrons. The van der Waals surface area contributed by atoms with E-state index in [1.54, 1.807) is 0 Å². The van der Waals surface area contributed by atoms with E-state index < -0.39 is 8.07 Å². The van der Waals surface area contributed by atoms with Crippen LogP contribution in [0.4, 0.5) is 17.1 Å². The Morgan fingerprint density at radius 3 is 1.29 bits per heavy atom. The van der Waals surface area contributed by atoms with Crippen molar-refractivity contribution in [3.63, 3.8) is 0 Å². The highest BCUT2D eigenvalue weighted by molar-refractivity contribution is 7.19. The van der Waals surface area contributed by atoms with Gasteiger partial charge in [0.25, 0.3) is 0 Å². The number of rotatable bonds is 8. The van der Waals surface area contributed by atoms with Crippen molar-refractivity contribution in [1.29, 1.82) is 0 Å². The maximum absolute atomic E-state index is 6.38. The standard InChI is InChI=1S/C48H35NOSi/c1-5-15-36(16-6-1)37-25-27-38(28-26-37)49(40-31-34-46-45-23-13-14-24-47(45)50-48(46)35-40)39-29-32-44(33-30-39)51(41-17-7-2-8-18-41,42-19-9-3-10-20-42)43-21-11-4-12-22-43/h1-35H. The molecule has 51 heavy (non-hydrogen) atoms. The fraction of sp³-hybridized carbons (Fsp3) is 0. The molecule has 8 aromatic carbocycles. The lowest BCUT2D eigenvalue weighted by Gasteiger charge is -2.35. The summed E-state index contributed by atoms with van der Waals surface area (Å²) in [4.78, 5) is 2.34. The second kappa shape index (κ2) is 13.1. The minimum atomic E-state index is -2.65. The normalized spacial score (nSPS) is 11.5. The van der Waals surface area contributed by atoms with Gasteiger partial charge in [0.2, 0.25) is 0 Å². The first-order chi connectivity index (χ1) is 25.3. The van der Waals surface area contributed by atoms with E-state index in [1.807, 2.05) is 12.1 Å². The highest BCUT2D eigenvalue weighted by Gasteiger charge is 2.41. The average Bonchev–Trinajstić information content (AvgIpc) is 3.59. The zero-order valence-corrected chi connectivity index (χ0v) is 29.1. The molecule has 0 atom stereocenters. The van der Waals surface area contributed by atoms with Crippen LogP contribution in [0.25, 0.3) is 33.1 Å². The van der Waals surface area contributed by atoms with Gasteiger partial charge in [-0.25, -0.2) is 0 Å². The summed E-state index contributed by atoms with van der Waals surface area (Å²) in [7, 11) is -2.65. The molecule has 0 bridgehead atoms. The summed E-state index contributed by atoms with van der Waals surface area (Å²) in [6, 6.07) is 76.8. The number of anilines is 3. The third-order valence-corrected chi connectivity index (χ3v) is 14.8. The van der Waals surface area contributed by atoms with Gasteiger partial charge in [-0.1, -0.05) is 164 Å². The Bertz CT molecular complexity index is 2450. The van der Waals surface area contributed by atoms with Crippen molar-refractivity contribution in [3.8, 4) is 11.1 Å². The summed E-state index contributed by atoms with van der Waals surface area (Å²) in [5.74, 6) is 0. The number of nitrogens with zero attached hydrogens (tertiary/aromatic N) is 1. The number of hydrogen-bond acceptors (Lipinski definition) is 2. The van der Waals surface area contributed by atoms with Gasteiger partial charge in [-0.2, -0.15) is 0 Å². The summed E-state index contributed by atoms with van der Waals surface area (Å²) in [6.45, 7) is 0.